The lowest BCUT2D eigenvalue weighted by molar-refractivity contribution is -0.142. The van der Waals surface area contributed by atoms with Crippen molar-refractivity contribution in [3.05, 3.63) is 70.8 Å². The van der Waals surface area contributed by atoms with Crippen LogP contribution in [0.5, 0.6) is 5.75 Å². The Kier molecular flexibility index (Phi) is 6.81. The van der Waals surface area contributed by atoms with Gasteiger partial charge in [0.15, 0.2) is 6.61 Å². The number of sulfonamides is 1. The number of hydrogen-bond acceptors (Lipinski definition) is 6. The van der Waals surface area contributed by atoms with Gasteiger partial charge in [-0.3, -0.25) is 4.72 Å². The number of esters is 1. The Labute approximate surface area is 183 Å². The van der Waals surface area contributed by atoms with Gasteiger partial charge in [-0.15, -0.1) is 0 Å². The second-order valence-corrected chi connectivity index (χ2v) is 8.44. The van der Waals surface area contributed by atoms with Crippen molar-refractivity contribution >= 4 is 45.0 Å². The first-order valence-corrected chi connectivity index (χ1v) is 10.8. The summed E-state index contributed by atoms with van der Waals surface area (Å²) in [6.45, 7) is -0.270. The van der Waals surface area contributed by atoms with Crippen LogP contribution in [0.1, 0.15) is 0 Å². The van der Waals surface area contributed by atoms with Gasteiger partial charge in [0.05, 0.1) is 22.1 Å². The van der Waals surface area contributed by atoms with Gasteiger partial charge in [-0.05, 0) is 42.5 Å². The van der Waals surface area contributed by atoms with Crippen molar-refractivity contribution in [1.29, 1.82) is 0 Å². The number of nitrogens with one attached hydrogen (secondary N) is 1. The largest absolute Gasteiger partial charge is 0.482 e. The summed E-state index contributed by atoms with van der Waals surface area (Å²) in [6.07, 6.45) is 1.50. The van der Waals surface area contributed by atoms with Crippen LogP contribution in [0.2, 0.25) is 10.0 Å². The van der Waals surface area contributed by atoms with E-state index in [9.17, 15) is 13.2 Å². The number of halogens is 2. The van der Waals surface area contributed by atoms with E-state index in [4.69, 9.17) is 27.9 Å². The molecule has 1 N–H and O–H groups in total. The standard InChI is InChI=1S/C20H16Cl2N2O5S/c1-28-19(25)12-29-14-6-8-15(9-7-14)30(26,27)24-18-10-5-13(11-23-18)16-3-2-4-17(21)20(16)22/h2-11H,12H2,1H3,(H,23,24). The lowest BCUT2D eigenvalue weighted by Gasteiger charge is -2.10. The first-order valence-electron chi connectivity index (χ1n) is 8.53. The zero-order valence-corrected chi connectivity index (χ0v) is 18.0. The Morgan fingerprint density at radius 2 is 1.80 bits per heavy atom. The van der Waals surface area contributed by atoms with Gasteiger partial charge in [-0.25, -0.2) is 18.2 Å². The third-order valence-electron chi connectivity index (χ3n) is 3.98. The lowest BCUT2D eigenvalue weighted by Crippen LogP contribution is -2.14. The number of benzene rings is 2. The molecule has 2 aromatic carbocycles. The fourth-order valence-electron chi connectivity index (χ4n) is 2.45. The van der Waals surface area contributed by atoms with Crippen molar-refractivity contribution < 1.29 is 22.7 Å². The molecular formula is C20H16Cl2N2O5S. The molecule has 0 spiro atoms. The van der Waals surface area contributed by atoms with Crippen molar-refractivity contribution in [3.63, 3.8) is 0 Å². The quantitative estimate of drug-likeness (QED) is 0.518. The third-order valence-corrected chi connectivity index (χ3v) is 6.17. The maximum atomic E-state index is 12.6. The third kappa shape index (κ3) is 5.21. The Morgan fingerprint density at radius 3 is 2.43 bits per heavy atom. The van der Waals surface area contributed by atoms with Crippen molar-refractivity contribution in [2.24, 2.45) is 0 Å². The first kappa shape index (κ1) is 21.9. The molecule has 3 rings (SSSR count). The molecule has 0 aliphatic rings. The van der Waals surface area contributed by atoms with Gasteiger partial charge in [-0.2, -0.15) is 0 Å². The van der Waals surface area contributed by atoms with Crippen LogP contribution >= 0.6 is 23.2 Å². The highest BCUT2D eigenvalue weighted by molar-refractivity contribution is 7.92. The van der Waals surface area contributed by atoms with Gasteiger partial charge in [0.1, 0.15) is 11.6 Å². The molecule has 0 aliphatic carbocycles. The number of nitrogens with zero attached hydrogens (tertiary/aromatic N) is 1. The van der Waals surface area contributed by atoms with Crippen molar-refractivity contribution in [1.82, 2.24) is 4.98 Å². The minimum atomic E-state index is -3.87. The number of pyridine rings is 1. The molecule has 0 radical (unpaired) electrons. The van der Waals surface area contributed by atoms with E-state index >= 15 is 0 Å². The van der Waals surface area contributed by atoms with Crippen LogP contribution in [0.4, 0.5) is 5.82 Å². The number of carbonyl (C=O) groups excluding carboxylic acids is 1. The van der Waals surface area contributed by atoms with Gasteiger partial charge < -0.3 is 9.47 Å². The molecule has 156 valence electrons. The summed E-state index contributed by atoms with van der Waals surface area (Å²) in [5.41, 5.74) is 1.38. The van der Waals surface area contributed by atoms with E-state index in [1.54, 1.807) is 24.3 Å². The second-order valence-electron chi connectivity index (χ2n) is 5.98. The Morgan fingerprint density at radius 1 is 1.07 bits per heavy atom. The topological polar surface area (TPSA) is 94.6 Å². The highest BCUT2D eigenvalue weighted by Gasteiger charge is 2.16. The number of rotatable bonds is 7. The average molecular weight is 467 g/mol. The highest BCUT2D eigenvalue weighted by atomic mass is 35.5. The van der Waals surface area contributed by atoms with Crippen LogP contribution in [-0.2, 0) is 19.6 Å². The maximum absolute atomic E-state index is 12.6. The van der Waals surface area contributed by atoms with E-state index in [0.717, 1.165) is 0 Å². The number of carbonyl (C=O) groups is 1. The van der Waals surface area contributed by atoms with Gasteiger partial charge in [0.25, 0.3) is 10.0 Å². The van der Waals surface area contributed by atoms with Gasteiger partial charge in [0.2, 0.25) is 0 Å². The fourth-order valence-corrected chi connectivity index (χ4v) is 3.87. The van der Waals surface area contributed by atoms with E-state index in [1.165, 1.54) is 43.6 Å². The molecule has 7 nitrogen and oxygen atoms in total. The van der Waals surface area contributed by atoms with E-state index < -0.39 is 16.0 Å². The molecule has 0 fully saturated rings. The van der Waals surface area contributed by atoms with Crippen molar-refractivity contribution in [2.45, 2.75) is 4.90 Å². The smallest absolute Gasteiger partial charge is 0.343 e. The number of anilines is 1. The average Bonchev–Trinajstić information content (AvgIpc) is 2.74. The summed E-state index contributed by atoms with van der Waals surface area (Å²) in [4.78, 5) is 15.2. The van der Waals surface area contributed by atoms with E-state index in [2.05, 4.69) is 14.4 Å². The first-order chi connectivity index (χ1) is 14.3. The van der Waals surface area contributed by atoms with E-state index in [0.29, 0.717) is 26.9 Å². The number of hydrogen-bond donors (Lipinski definition) is 1. The van der Waals surface area contributed by atoms with Crippen LogP contribution in [0.25, 0.3) is 11.1 Å². The molecule has 30 heavy (non-hydrogen) atoms. The number of ether oxygens (including phenoxy) is 2. The maximum Gasteiger partial charge on any atom is 0.343 e. The SMILES string of the molecule is COC(=O)COc1ccc(S(=O)(=O)Nc2ccc(-c3cccc(Cl)c3Cl)cn2)cc1. The van der Waals surface area contributed by atoms with Crippen LogP contribution in [0.15, 0.2) is 65.7 Å². The Bertz CT molecular complexity index is 1150. The summed E-state index contributed by atoms with van der Waals surface area (Å²) in [6, 6.07) is 14.0. The predicted octanol–water partition coefficient (Wildman–Crippen LogP) is 4.41. The summed E-state index contributed by atoms with van der Waals surface area (Å²) >= 11 is 12.2. The molecule has 0 saturated carbocycles. The monoisotopic (exact) mass is 466 g/mol. The zero-order chi connectivity index (χ0) is 21.7. The highest BCUT2D eigenvalue weighted by Crippen LogP contribution is 2.33. The lowest BCUT2D eigenvalue weighted by atomic mass is 10.1. The number of methoxy groups -OCH3 is 1. The number of aromatic nitrogens is 1. The summed E-state index contributed by atoms with van der Waals surface area (Å²) in [5, 5.41) is 0.807. The molecular weight excluding hydrogens is 451 g/mol. The van der Waals surface area contributed by atoms with Gasteiger partial charge in [0, 0.05) is 17.3 Å². The van der Waals surface area contributed by atoms with Crippen molar-refractivity contribution in [2.75, 3.05) is 18.4 Å². The Balaban J connectivity index is 1.72. The minimum Gasteiger partial charge on any atom is -0.482 e. The molecule has 3 aromatic rings. The van der Waals surface area contributed by atoms with E-state index in [-0.39, 0.29) is 17.3 Å². The van der Waals surface area contributed by atoms with Crippen LogP contribution in [-0.4, -0.2) is 33.1 Å². The Hall–Kier alpha value is -2.81. The molecule has 0 aliphatic heterocycles. The van der Waals surface area contributed by atoms with Gasteiger partial charge >= 0.3 is 5.97 Å². The summed E-state index contributed by atoms with van der Waals surface area (Å²) in [7, 11) is -2.62. The van der Waals surface area contributed by atoms with Crippen LogP contribution < -0.4 is 9.46 Å². The molecule has 1 aromatic heterocycles. The molecule has 1 heterocycles. The molecule has 0 unspecified atom stereocenters. The van der Waals surface area contributed by atoms with Crippen LogP contribution in [0.3, 0.4) is 0 Å². The van der Waals surface area contributed by atoms with Crippen molar-refractivity contribution in [3.8, 4) is 16.9 Å². The fraction of sp³-hybridized carbons (Fsp3) is 0.100. The summed E-state index contributed by atoms with van der Waals surface area (Å²) < 4.78 is 37.2. The summed E-state index contributed by atoms with van der Waals surface area (Å²) in [5.74, 6) is -0.0647. The predicted molar refractivity (Wildman–Crippen MR) is 114 cm³/mol. The van der Waals surface area contributed by atoms with E-state index in [1.807, 2.05) is 0 Å². The molecule has 10 heteroatoms. The molecule has 0 saturated heterocycles. The normalized spacial score (nSPS) is 11.0. The minimum absolute atomic E-state index is 0.0108. The molecule has 0 bridgehead atoms. The van der Waals surface area contributed by atoms with Crippen LogP contribution in [0, 0.1) is 0 Å². The molecule has 0 amide bonds. The van der Waals surface area contributed by atoms with Gasteiger partial charge in [-0.1, -0.05) is 35.3 Å². The zero-order valence-electron chi connectivity index (χ0n) is 15.6. The molecule has 0 atom stereocenters. The second kappa shape index (κ2) is 9.34.